The standard InChI is InChI=1S/C10H10BrN3O.ClH/c1-6(11)10(15)14-8-4-2-7(3-5-8)9(12)13;/h2-5H,1H2,(H3,12,13)(H,14,15);1H. The van der Waals surface area contributed by atoms with Crippen LogP contribution >= 0.6 is 28.3 Å². The van der Waals surface area contributed by atoms with E-state index in [0.717, 1.165) is 0 Å². The fourth-order valence-corrected chi connectivity index (χ4v) is 1.03. The summed E-state index contributed by atoms with van der Waals surface area (Å²) >= 11 is 2.97. The Morgan fingerprint density at radius 2 is 1.88 bits per heavy atom. The monoisotopic (exact) mass is 303 g/mol. The highest BCUT2D eigenvalue weighted by atomic mass is 79.9. The van der Waals surface area contributed by atoms with Crippen molar-refractivity contribution in [3.8, 4) is 0 Å². The molecule has 1 aromatic carbocycles. The Bertz CT molecular complexity index is 417. The van der Waals surface area contributed by atoms with E-state index in [1.165, 1.54) is 0 Å². The number of amidine groups is 1. The number of benzene rings is 1. The zero-order valence-electron chi connectivity index (χ0n) is 8.29. The second-order valence-corrected chi connectivity index (χ2v) is 3.81. The number of halogens is 2. The maximum absolute atomic E-state index is 11.2. The van der Waals surface area contributed by atoms with Crippen LogP contribution in [0.25, 0.3) is 0 Å². The van der Waals surface area contributed by atoms with Gasteiger partial charge < -0.3 is 11.1 Å². The molecule has 0 aliphatic carbocycles. The largest absolute Gasteiger partial charge is 0.384 e. The van der Waals surface area contributed by atoms with Gasteiger partial charge in [0.2, 0.25) is 0 Å². The molecule has 0 radical (unpaired) electrons. The molecule has 1 rings (SSSR count). The summed E-state index contributed by atoms with van der Waals surface area (Å²) in [5.41, 5.74) is 6.53. The number of amides is 1. The van der Waals surface area contributed by atoms with Gasteiger partial charge in [-0.1, -0.05) is 6.58 Å². The third-order valence-electron chi connectivity index (χ3n) is 1.70. The number of rotatable bonds is 3. The van der Waals surface area contributed by atoms with Crippen LogP contribution in [0.15, 0.2) is 35.3 Å². The van der Waals surface area contributed by atoms with Crippen LogP contribution in [0.4, 0.5) is 5.69 Å². The van der Waals surface area contributed by atoms with Crippen LogP contribution in [0.1, 0.15) is 5.56 Å². The number of hydrogen-bond acceptors (Lipinski definition) is 2. The predicted molar refractivity (Wildman–Crippen MR) is 71.4 cm³/mol. The maximum Gasteiger partial charge on any atom is 0.262 e. The molecule has 1 amide bonds. The van der Waals surface area contributed by atoms with Crippen molar-refractivity contribution in [2.24, 2.45) is 5.73 Å². The maximum atomic E-state index is 11.2. The van der Waals surface area contributed by atoms with E-state index in [1.807, 2.05) is 0 Å². The molecule has 0 atom stereocenters. The van der Waals surface area contributed by atoms with Crippen LogP contribution in [0.5, 0.6) is 0 Å². The summed E-state index contributed by atoms with van der Waals surface area (Å²) in [5.74, 6) is -0.302. The first-order valence-electron chi connectivity index (χ1n) is 4.11. The zero-order chi connectivity index (χ0) is 11.4. The zero-order valence-corrected chi connectivity index (χ0v) is 10.7. The van der Waals surface area contributed by atoms with Gasteiger partial charge in [0.25, 0.3) is 5.91 Å². The Morgan fingerprint density at radius 3 is 2.25 bits per heavy atom. The van der Waals surface area contributed by atoms with Crippen molar-refractivity contribution in [1.82, 2.24) is 0 Å². The number of carbonyl (C=O) groups is 1. The van der Waals surface area contributed by atoms with Crippen molar-refractivity contribution in [1.29, 1.82) is 5.41 Å². The predicted octanol–water partition coefficient (Wildman–Crippen LogP) is 2.24. The van der Waals surface area contributed by atoms with Gasteiger partial charge in [-0.2, -0.15) is 0 Å². The minimum atomic E-state index is -0.300. The Labute approximate surface area is 108 Å². The van der Waals surface area contributed by atoms with Crippen LogP contribution < -0.4 is 11.1 Å². The Hall–Kier alpha value is -1.33. The topological polar surface area (TPSA) is 79.0 Å². The van der Waals surface area contributed by atoms with Crippen molar-refractivity contribution >= 4 is 45.8 Å². The molecule has 4 N–H and O–H groups in total. The van der Waals surface area contributed by atoms with Crippen molar-refractivity contribution in [2.45, 2.75) is 0 Å². The number of hydrogen-bond donors (Lipinski definition) is 3. The molecule has 0 bridgehead atoms. The quantitative estimate of drug-likeness (QED) is 0.455. The van der Waals surface area contributed by atoms with Gasteiger partial charge in [-0.25, -0.2) is 0 Å². The number of anilines is 1. The van der Waals surface area contributed by atoms with Gasteiger partial charge in [0.05, 0.1) is 4.48 Å². The molecule has 0 unspecified atom stereocenters. The molecule has 0 spiro atoms. The minimum absolute atomic E-state index is 0. The lowest BCUT2D eigenvalue weighted by Gasteiger charge is -2.04. The van der Waals surface area contributed by atoms with E-state index in [1.54, 1.807) is 24.3 Å². The molecule has 16 heavy (non-hydrogen) atoms. The molecule has 1 aromatic rings. The molecule has 0 fully saturated rings. The molecule has 86 valence electrons. The Balaban J connectivity index is 0.00000225. The summed E-state index contributed by atoms with van der Waals surface area (Å²) in [6.07, 6.45) is 0. The third-order valence-corrected chi connectivity index (χ3v) is 2.06. The van der Waals surface area contributed by atoms with Crippen LogP contribution in [0.3, 0.4) is 0 Å². The third kappa shape index (κ3) is 4.04. The first-order valence-corrected chi connectivity index (χ1v) is 4.90. The van der Waals surface area contributed by atoms with Crippen molar-refractivity contribution in [3.63, 3.8) is 0 Å². The van der Waals surface area contributed by atoms with Gasteiger partial charge in [0.1, 0.15) is 5.84 Å². The second-order valence-electron chi connectivity index (χ2n) is 2.85. The first-order chi connectivity index (χ1) is 7.00. The minimum Gasteiger partial charge on any atom is -0.384 e. The van der Waals surface area contributed by atoms with Crippen LogP contribution in [0, 0.1) is 5.41 Å². The van der Waals surface area contributed by atoms with E-state index in [2.05, 4.69) is 27.8 Å². The molecule has 0 saturated carbocycles. The lowest BCUT2D eigenvalue weighted by atomic mass is 10.2. The van der Waals surface area contributed by atoms with Crippen LogP contribution in [-0.4, -0.2) is 11.7 Å². The van der Waals surface area contributed by atoms with Gasteiger partial charge in [0.15, 0.2) is 0 Å². The SMILES string of the molecule is C=C(Br)C(=O)Nc1ccc(C(=N)N)cc1.Cl. The van der Waals surface area contributed by atoms with Gasteiger partial charge in [-0.15, -0.1) is 12.4 Å². The molecular formula is C10H11BrClN3O. The summed E-state index contributed by atoms with van der Waals surface area (Å²) in [5, 5.41) is 9.80. The summed E-state index contributed by atoms with van der Waals surface area (Å²) < 4.78 is 0.262. The van der Waals surface area contributed by atoms with Crippen molar-refractivity contribution in [2.75, 3.05) is 5.32 Å². The number of nitrogens with two attached hydrogens (primary N) is 1. The molecule has 0 aliphatic heterocycles. The van der Waals surface area contributed by atoms with E-state index in [0.29, 0.717) is 11.3 Å². The van der Waals surface area contributed by atoms with E-state index in [-0.39, 0.29) is 28.6 Å². The van der Waals surface area contributed by atoms with E-state index in [4.69, 9.17) is 11.1 Å². The van der Waals surface area contributed by atoms with Gasteiger partial charge in [0, 0.05) is 11.3 Å². The van der Waals surface area contributed by atoms with E-state index >= 15 is 0 Å². The van der Waals surface area contributed by atoms with Gasteiger partial charge >= 0.3 is 0 Å². The fraction of sp³-hybridized carbons (Fsp3) is 0. The summed E-state index contributed by atoms with van der Waals surface area (Å²) in [6.45, 7) is 3.45. The van der Waals surface area contributed by atoms with E-state index in [9.17, 15) is 4.79 Å². The summed E-state index contributed by atoms with van der Waals surface area (Å²) in [7, 11) is 0. The summed E-state index contributed by atoms with van der Waals surface area (Å²) in [6, 6.07) is 6.67. The first kappa shape index (κ1) is 14.7. The molecule has 6 heteroatoms. The number of carbonyl (C=O) groups excluding carboxylic acids is 1. The van der Waals surface area contributed by atoms with Crippen LogP contribution in [0.2, 0.25) is 0 Å². The highest BCUT2D eigenvalue weighted by molar-refractivity contribution is 9.12. The fourth-order valence-electron chi connectivity index (χ4n) is 0.932. The second kappa shape index (κ2) is 6.30. The van der Waals surface area contributed by atoms with Crippen molar-refractivity contribution < 1.29 is 4.79 Å². The highest BCUT2D eigenvalue weighted by Crippen LogP contribution is 2.11. The lowest BCUT2D eigenvalue weighted by molar-refractivity contribution is -0.112. The van der Waals surface area contributed by atoms with E-state index < -0.39 is 0 Å². The van der Waals surface area contributed by atoms with Crippen molar-refractivity contribution in [3.05, 3.63) is 40.9 Å². The number of nitrogen functional groups attached to an aromatic ring is 1. The number of nitrogens with one attached hydrogen (secondary N) is 2. The molecule has 4 nitrogen and oxygen atoms in total. The van der Waals surface area contributed by atoms with Gasteiger partial charge in [-0.05, 0) is 40.2 Å². The average Bonchev–Trinajstić information content (AvgIpc) is 2.18. The molecule has 0 aliphatic rings. The Morgan fingerprint density at radius 1 is 1.38 bits per heavy atom. The molecular weight excluding hydrogens is 293 g/mol. The normalized spacial score (nSPS) is 8.81. The molecule has 0 aromatic heterocycles. The molecule has 0 heterocycles. The smallest absolute Gasteiger partial charge is 0.262 e. The molecule has 0 saturated heterocycles. The van der Waals surface area contributed by atoms with Crippen LogP contribution in [-0.2, 0) is 4.79 Å². The lowest BCUT2D eigenvalue weighted by Crippen LogP contribution is -2.12. The highest BCUT2D eigenvalue weighted by Gasteiger charge is 2.03. The Kier molecular flexibility index (Phi) is 5.77. The van der Waals surface area contributed by atoms with Gasteiger partial charge in [-0.3, -0.25) is 10.2 Å². The average molecular weight is 305 g/mol. The summed E-state index contributed by atoms with van der Waals surface area (Å²) in [4.78, 5) is 11.2.